The Balaban J connectivity index is 4.48. The quantitative estimate of drug-likeness (QED) is 0.0596. The second-order valence-corrected chi connectivity index (χ2v) is 8.76. The molecule has 0 aromatic heterocycles. The maximum Gasteiger partial charge on any atom is 0.243 e. The van der Waals surface area contributed by atoms with E-state index in [9.17, 15) is 39.0 Å². The normalized spacial score (nSPS) is 12.0. The Morgan fingerprint density at radius 1 is 0.641 bits per heavy atom. The zero-order chi connectivity index (χ0) is 29.5. The number of carbonyl (C=O) groups is 6. The van der Waals surface area contributed by atoms with E-state index in [0.717, 1.165) is 12.8 Å². The van der Waals surface area contributed by atoms with E-state index < -0.39 is 48.9 Å². The molecule has 0 fully saturated rings. The van der Waals surface area contributed by atoms with E-state index >= 15 is 0 Å². The number of aliphatic hydroxyl groups excluding tert-OH is 2. The van der Waals surface area contributed by atoms with Crippen molar-refractivity contribution in [2.45, 2.75) is 64.5 Å². The van der Waals surface area contributed by atoms with E-state index in [2.05, 4.69) is 37.2 Å². The molecule has 0 bridgehead atoms. The largest absolute Gasteiger partial charge is 0.396 e. The second-order valence-electron chi connectivity index (χ2n) is 8.76. The molecule has 0 aliphatic carbocycles. The molecule has 0 aliphatic rings. The Kier molecular flexibility index (Phi) is 20.7. The lowest BCUT2D eigenvalue weighted by Gasteiger charge is -2.20. The van der Waals surface area contributed by atoms with Crippen LogP contribution in [0.5, 0.6) is 0 Å². The summed E-state index contributed by atoms with van der Waals surface area (Å²) in [6, 6.07) is -1.61. The van der Waals surface area contributed by atoms with Gasteiger partial charge in [-0.05, 0) is 25.7 Å². The predicted molar refractivity (Wildman–Crippen MR) is 142 cm³/mol. The Hall–Kier alpha value is -3.30. The van der Waals surface area contributed by atoms with Crippen molar-refractivity contribution in [2.24, 2.45) is 0 Å². The molecule has 15 nitrogen and oxygen atoms in total. The molecule has 0 radical (unpaired) electrons. The van der Waals surface area contributed by atoms with Crippen LogP contribution in [0.2, 0.25) is 0 Å². The first-order valence-electron chi connectivity index (χ1n) is 13.3. The fourth-order valence-corrected chi connectivity index (χ4v) is 3.16. The minimum absolute atomic E-state index is 0.0913. The smallest absolute Gasteiger partial charge is 0.243 e. The van der Waals surface area contributed by atoms with Crippen molar-refractivity contribution in [1.29, 1.82) is 0 Å². The molecular formula is C24H45N7O8. The first-order valence-corrected chi connectivity index (χ1v) is 13.3. The molecule has 2 unspecified atom stereocenters. The SMILES string of the molecule is CCCCNC(=O)CNC(=O)CNC(=O)C(CCO)NC(=O)CNCC(CCO)NC(=O)CNC(=O)CCC. The van der Waals surface area contributed by atoms with Gasteiger partial charge in [0, 0.05) is 38.8 Å². The number of amides is 6. The molecule has 15 heteroatoms. The van der Waals surface area contributed by atoms with Crippen molar-refractivity contribution >= 4 is 35.4 Å². The molecule has 39 heavy (non-hydrogen) atoms. The second kappa shape index (κ2) is 22.7. The van der Waals surface area contributed by atoms with Gasteiger partial charge in [-0.3, -0.25) is 28.8 Å². The van der Waals surface area contributed by atoms with E-state index in [4.69, 9.17) is 0 Å². The number of aliphatic hydroxyl groups is 2. The third kappa shape index (κ3) is 19.4. The molecule has 0 aliphatic heterocycles. The van der Waals surface area contributed by atoms with Gasteiger partial charge in [-0.15, -0.1) is 0 Å². The van der Waals surface area contributed by atoms with Gasteiger partial charge in [0.25, 0.3) is 0 Å². The van der Waals surface area contributed by atoms with Gasteiger partial charge in [-0.2, -0.15) is 0 Å². The first-order chi connectivity index (χ1) is 18.7. The lowest BCUT2D eigenvalue weighted by molar-refractivity contribution is -0.130. The molecule has 2 atom stereocenters. The number of hydrogen-bond acceptors (Lipinski definition) is 9. The van der Waals surface area contributed by atoms with E-state index in [-0.39, 0.29) is 57.4 Å². The van der Waals surface area contributed by atoms with Crippen LogP contribution in [0.1, 0.15) is 52.4 Å². The van der Waals surface area contributed by atoms with Crippen LogP contribution in [0.15, 0.2) is 0 Å². The highest BCUT2D eigenvalue weighted by molar-refractivity contribution is 5.92. The van der Waals surface area contributed by atoms with Crippen molar-refractivity contribution in [2.75, 3.05) is 52.5 Å². The molecule has 9 N–H and O–H groups in total. The van der Waals surface area contributed by atoms with Gasteiger partial charge in [0.1, 0.15) is 6.04 Å². The summed E-state index contributed by atoms with van der Waals surface area (Å²) < 4.78 is 0. The van der Waals surface area contributed by atoms with E-state index in [1.807, 2.05) is 13.8 Å². The predicted octanol–water partition coefficient (Wildman–Crippen LogP) is -3.62. The first kappa shape index (κ1) is 35.7. The third-order valence-corrected chi connectivity index (χ3v) is 5.23. The lowest BCUT2D eigenvalue weighted by atomic mass is 10.2. The van der Waals surface area contributed by atoms with Crippen LogP contribution in [-0.2, 0) is 28.8 Å². The van der Waals surface area contributed by atoms with Crippen LogP contribution < -0.4 is 37.2 Å². The summed E-state index contributed by atoms with van der Waals surface area (Å²) in [7, 11) is 0. The van der Waals surface area contributed by atoms with Crippen LogP contribution in [0.4, 0.5) is 0 Å². The summed E-state index contributed by atoms with van der Waals surface area (Å²) in [5.74, 6) is -2.88. The highest BCUT2D eigenvalue weighted by Crippen LogP contribution is 1.93. The number of unbranched alkanes of at least 4 members (excludes halogenated alkanes) is 1. The van der Waals surface area contributed by atoms with E-state index in [1.54, 1.807) is 0 Å². The summed E-state index contributed by atoms with van der Waals surface area (Å²) in [5.41, 5.74) is 0. The molecule has 0 aromatic rings. The number of carbonyl (C=O) groups excluding carboxylic acids is 6. The summed E-state index contributed by atoms with van der Waals surface area (Å²) in [6.07, 6.45) is 2.83. The molecular weight excluding hydrogens is 514 g/mol. The van der Waals surface area contributed by atoms with E-state index in [1.165, 1.54) is 0 Å². The van der Waals surface area contributed by atoms with Gasteiger partial charge in [0.15, 0.2) is 0 Å². The van der Waals surface area contributed by atoms with Gasteiger partial charge in [-0.1, -0.05) is 20.3 Å². The number of nitrogens with one attached hydrogen (secondary N) is 7. The summed E-state index contributed by atoms with van der Waals surface area (Å²) >= 11 is 0. The number of hydrogen-bond donors (Lipinski definition) is 9. The van der Waals surface area contributed by atoms with Gasteiger partial charge < -0.3 is 47.4 Å². The van der Waals surface area contributed by atoms with Crippen molar-refractivity contribution in [3.63, 3.8) is 0 Å². The molecule has 0 heterocycles. The lowest BCUT2D eigenvalue weighted by Crippen LogP contribution is -2.52. The summed E-state index contributed by atoms with van der Waals surface area (Å²) in [4.78, 5) is 71.8. The van der Waals surface area contributed by atoms with Crippen molar-refractivity contribution in [3.05, 3.63) is 0 Å². The Morgan fingerprint density at radius 2 is 1.23 bits per heavy atom. The topological polar surface area (TPSA) is 227 Å². The van der Waals surface area contributed by atoms with Gasteiger partial charge in [-0.25, -0.2) is 0 Å². The van der Waals surface area contributed by atoms with Crippen LogP contribution in [0.3, 0.4) is 0 Å². The third-order valence-electron chi connectivity index (χ3n) is 5.23. The highest BCUT2D eigenvalue weighted by Gasteiger charge is 2.21. The molecule has 0 aromatic carbocycles. The maximum absolute atomic E-state index is 12.4. The Labute approximate surface area is 229 Å². The van der Waals surface area contributed by atoms with Crippen LogP contribution in [0, 0.1) is 0 Å². The zero-order valence-corrected chi connectivity index (χ0v) is 22.9. The Bertz CT molecular complexity index is 782. The van der Waals surface area contributed by atoms with Crippen LogP contribution >= 0.6 is 0 Å². The average molecular weight is 560 g/mol. The Morgan fingerprint density at radius 3 is 1.87 bits per heavy atom. The van der Waals surface area contributed by atoms with Crippen molar-refractivity contribution in [3.8, 4) is 0 Å². The minimum atomic E-state index is -1.10. The molecule has 0 saturated carbocycles. The molecule has 0 saturated heterocycles. The highest BCUT2D eigenvalue weighted by atomic mass is 16.3. The average Bonchev–Trinajstić information content (AvgIpc) is 2.89. The zero-order valence-electron chi connectivity index (χ0n) is 22.9. The summed E-state index contributed by atoms with van der Waals surface area (Å²) in [6.45, 7) is 2.78. The fourth-order valence-electron chi connectivity index (χ4n) is 3.16. The monoisotopic (exact) mass is 559 g/mol. The standard InChI is InChI=1S/C24H45N7O8/c1-3-5-9-26-20(35)14-28-21(36)15-29-24(39)18(8-11-33)31-22(37)13-25-12-17(7-10-32)30-23(38)16-27-19(34)6-4-2/h17-18,25,32-33H,3-16H2,1-2H3,(H,26,35)(H,27,34)(H,28,36)(H,29,39)(H,30,38)(H,31,37). The summed E-state index contributed by atoms with van der Waals surface area (Å²) in [5, 5.41) is 36.3. The van der Waals surface area contributed by atoms with Gasteiger partial charge >= 0.3 is 0 Å². The van der Waals surface area contributed by atoms with Crippen molar-refractivity contribution < 1.29 is 39.0 Å². The molecule has 0 spiro atoms. The molecule has 6 amide bonds. The van der Waals surface area contributed by atoms with E-state index in [0.29, 0.717) is 19.4 Å². The molecule has 0 rings (SSSR count). The van der Waals surface area contributed by atoms with Crippen molar-refractivity contribution in [1.82, 2.24) is 37.2 Å². The minimum Gasteiger partial charge on any atom is -0.396 e. The molecule has 224 valence electrons. The van der Waals surface area contributed by atoms with Gasteiger partial charge in [0.2, 0.25) is 35.4 Å². The van der Waals surface area contributed by atoms with Crippen LogP contribution in [-0.4, -0.2) is 110 Å². The maximum atomic E-state index is 12.4. The fraction of sp³-hybridized carbons (Fsp3) is 0.750. The number of rotatable bonds is 22. The van der Waals surface area contributed by atoms with Crippen LogP contribution in [0.25, 0.3) is 0 Å². The van der Waals surface area contributed by atoms with Gasteiger partial charge in [0.05, 0.1) is 26.2 Å².